The summed E-state index contributed by atoms with van der Waals surface area (Å²) >= 11 is 0. The molecule has 0 N–H and O–H groups in total. The monoisotopic (exact) mass is 142 g/mol. The summed E-state index contributed by atoms with van der Waals surface area (Å²) < 4.78 is 0. The zero-order valence-electron chi connectivity index (χ0n) is 6.29. The molecule has 1 amide bonds. The topological polar surface area (TPSA) is 49.7 Å². The molecule has 0 aromatic rings. The second-order valence-electron chi connectivity index (χ2n) is 1.90. The third kappa shape index (κ3) is 2.96. The summed E-state index contributed by atoms with van der Waals surface area (Å²) in [5.41, 5.74) is 0.290. The van der Waals surface area contributed by atoms with Crippen molar-refractivity contribution in [2.45, 2.75) is 13.8 Å². The lowest BCUT2D eigenvalue weighted by molar-refractivity contribution is -0.127. The van der Waals surface area contributed by atoms with Crippen molar-refractivity contribution in [2.75, 3.05) is 7.05 Å². The van der Waals surface area contributed by atoms with E-state index in [1.807, 2.05) is 0 Å². The highest BCUT2D eigenvalue weighted by Crippen LogP contribution is 1.84. The SMILES string of the molecule is CC(=O)N(C)/N=C(/C)C=O. The average Bonchev–Trinajstić information content (AvgIpc) is 1.87. The molecule has 0 fully saturated rings. The van der Waals surface area contributed by atoms with Crippen molar-refractivity contribution in [3.05, 3.63) is 0 Å². The third-order valence-corrected chi connectivity index (χ3v) is 0.934. The van der Waals surface area contributed by atoms with Gasteiger partial charge in [0.2, 0.25) is 5.91 Å². The number of hydrazone groups is 1. The van der Waals surface area contributed by atoms with Crippen molar-refractivity contribution in [1.82, 2.24) is 5.01 Å². The molecule has 0 aliphatic heterocycles. The van der Waals surface area contributed by atoms with Crippen LogP contribution in [0.2, 0.25) is 0 Å². The lowest BCUT2D eigenvalue weighted by atomic mass is 10.5. The molecule has 0 bridgehead atoms. The molecule has 0 heterocycles. The molecule has 0 aliphatic carbocycles. The van der Waals surface area contributed by atoms with Gasteiger partial charge in [0.05, 0.1) is 5.71 Å². The van der Waals surface area contributed by atoms with Crippen molar-refractivity contribution < 1.29 is 9.59 Å². The van der Waals surface area contributed by atoms with Crippen LogP contribution in [-0.4, -0.2) is 30.0 Å². The molecule has 0 rings (SSSR count). The predicted octanol–water partition coefficient (Wildman–Crippen LogP) is 0.0395. The number of carbonyl (C=O) groups is 2. The molecule has 4 nitrogen and oxygen atoms in total. The van der Waals surface area contributed by atoms with E-state index in [4.69, 9.17) is 0 Å². The molecule has 10 heavy (non-hydrogen) atoms. The Balaban J connectivity index is 4.11. The fourth-order valence-electron chi connectivity index (χ4n) is 0.331. The van der Waals surface area contributed by atoms with Gasteiger partial charge in [-0.25, -0.2) is 5.01 Å². The normalized spacial score (nSPS) is 10.9. The van der Waals surface area contributed by atoms with Crippen molar-refractivity contribution in [1.29, 1.82) is 0 Å². The molecular formula is C6H10N2O2. The Bertz CT molecular complexity index is 175. The average molecular weight is 142 g/mol. The van der Waals surface area contributed by atoms with E-state index >= 15 is 0 Å². The van der Waals surface area contributed by atoms with Gasteiger partial charge < -0.3 is 0 Å². The van der Waals surface area contributed by atoms with Gasteiger partial charge in [-0.2, -0.15) is 5.10 Å². The maximum absolute atomic E-state index is 10.5. The molecule has 0 aromatic heterocycles. The van der Waals surface area contributed by atoms with Crippen LogP contribution in [0.5, 0.6) is 0 Å². The summed E-state index contributed by atoms with van der Waals surface area (Å²) in [7, 11) is 1.50. The third-order valence-electron chi connectivity index (χ3n) is 0.934. The predicted molar refractivity (Wildman–Crippen MR) is 37.6 cm³/mol. The van der Waals surface area contributed by atoms with Crippen LogP contribution in [0.15, 0.2) is 5.10 Å². The standard InChI is InChI=1S/C6H10N2O2/c1-5(4-9)7-8(3)6(2)10/h4H,1-3H3/b7-5-. The van der Waals surface area contributed by atoms with E-state index in [1.54, 1.807) is 0 Å². The van der Waals surface area contributed by atoms with Crippen LogP contribution >= 0.6 is 0 Å². The maximum atomic E-state index is 10.5. The minimum absolute atomic E-state index is 0.193. The van der Waals surface area contributed by atoms with Crippen LogP contribution in [0.3, 0.4) is 0 Å². The first kappa shape index (κ1) is 8.81. The Labute approximate surface area is 59.5 Å². The highest BCUT2D eigenvalue weighted by atomic mass is 16.2. The minimum Gasteiger partial charge on any atom is -0.296 e. The summed E-state index contributed by atoms with van der Waals surface area (Å²) in [4.78, 5) is 20.5. The van der Waals surface area contributed by atoms with E-state index in [0.717, 1.165) is 5.01 Å². The molecule has 0 atom stereocenters. The summed E-state index contributed by atoms with van der Waals surface area (Å²) in [5.74, 6) is -0.193. The molecule has 0 spiro atoms. The van der Waals surface area contributed by atoms with Crippen molar-refractivity contribution in [3.8, 4) is 0 Å². The molecule has 0 unspecified atom stereocenters. The van der Waals surface area contributed by atoms with Gasteiger partial charge in [-0.3, -0.25) is 9.59 Å². The zero-order chi connectivity index (χ0) is 8.15. The molecule has 0 saturated carbocycles. The van der Waals surface area contributed by atoms with Gasteiger partial charge in [0, 0.05) is 14.0 Å². The van der Waals surface area contributed by atoms with Gasteiger partial charge in [-0.05, 0) is 6.92 Å². The first-order valence-electron chi connectivity index (χ1n) is 2.82. The smallest absolute Gasteiger partial charge is 0.239 e. The summed E-state index contributed by atoms with van der Waals surface area (Å²) in [5, 5.41) is 4.74. The van der Waals surface area contributed by atoms with E-state index in [1.165, 1.54) is 20.9 Å². The number of hydrogen-bond donors (Lipinski definition) is 0. The second kappa shape index (κ2) is 3.76. The van der Waals surface area contributed by atoms with Gasteiger partial charge in [0.1, 0.15) is 0 Å². The summed E-state index contributed by atoms with van der Waals surface area (Å²) in [6.07, 6.45) is 0.597. The quantitative estimate of drug-likeness (QED) is 0.310. The van der Waals surface area contributed by atoms with Crippen LogP contribution in [-0.2, 0) is 9.59 Å². The molecule has 0 saturated heterocycles. The first-order chi connectivity index (χ1) is 4.57. The first-order valence-corrected chi connectivity index (χ1v) is 2.82. The van der Waals surface area contributed by atoms with Crippen LogP contribution in [0.1, 0.15) is 13.8 Å². The van der Waals surface area contributed by atoms with E-state index in [9.17, 15) is 9.59 Å². The van der Waals surface area contributed by atoms with Crippen LogP contribution in [0.4, 0.5) is 0 Å². The Morgan fingerprint density at radius 1 is 1.50 bits per heavy atom. The number of hydrogen-bond acceptors (Lipinski definition) is 3. The van der Waals surface area contributed by atoms with Gasteiger partial charge in [-0.15, -0.1) is 0 Å². The van der Waals surface area contributed by atoms with Crippen molar-refractivity contribution >= 4 is 17.9 Å². The Morgan fingerprint density at radius 2 is 2.00 bits per heavy atom. The summed E-state index contributed by atoms with van der Waals surface area (Å²) in [6, 6.07) is 0. The van der Waals surface area contributed by atoms with Crippen LogP contribution in [0.25, 0.3) is 0 Å². The molecule has 0 aliphatic rings. The van der Waals surface area contributed by atoms with Crippen molar-refractivity contribution in [3.63, 3.8) is 0 Å². The van der Waals surface area contributed by atoms with E-state index in [2.05, 4.69) is 5.10 Å². The van der Waals surface area contributed by atoms with Crippen LogP contribution in [0, 0.1) is 0 Å². The van der Waals surface area contributed by atoms with E-state index in [0.29, 0.717) is 6.29 Å². The largest absolute Gasteiger partial charge is 0.296 e. The fourth-order valence-corrected chi connectivity index (χ4v) is 0.331. The minimum atomic E-state index is -0.193. The zero-order valence-corrected chi connectivity index (χ0v) is 6.29. The lowest BCUT2D eigenvalue weighted by Gasteiger charge is -2.06. The number of aldehydes is 1. The number of rotatable bonds is 2. The van der Waals surface area contributed by atoms with Gasteiger partial charge >= 0.3 is 0 Å². The van der Waals surface area contributed by atoms with Crippen LogP contribution < -0.4 is 0 Å². The lowest BCUT2D eigenvalue weighted by Crippen LogP contribution is -2.19. The Kier molecular flexibility index (Phi) is 3.32. The van der Waals surface area contributed by atoms with Gasteiger partial charge in [-0.1, -0.05) is 0 Å². The molecule has 0 radical (unpaired) electrons. The summed E-state index contributed by atoms with van der Waals surface area (Å²) in [6.45, 7) is 2.91. The maximum Gasteiger partial charge on any atom is 0.239 e. The molecular weight excluding hydrogens is 132 g/mol. The van der Waals surface area contributed by atoms with E-state index in [-0.39, 0.29) is 11.6 Å². The highest BCUT2D eigenvalue weighted by Gasteiger charge is 1.97. The fraction of sp³-hybridized carbons (Fsp3) is 0.500. The highest BCUT2D eigenvalue weighted by molar-refractivity contribution is 6.27. The van der Waals surface area contributed by atoms with Crippen molar-refractivity contribution in [2.24, 2.45) is 5.10 Å². The molecule has 4 heteroatoms. The number of amides is 1. The molecule has 0 aromatic carbocycles. The number of nitrogens with zero attached hydrogens (tertiary/aromatic N) is 2. The van der Waals surface area contributed by atoms with Gasteiger partial charge in [0.25, 0.3) is 0 Å². The second-order valence-corrected chi connectivity index (χ2v) is 1.90. The molecule has 56 valence electrons. The van der Waals surface area contributed by atoms with E-state index < -0.39 is 0 Å². The number of carbonyl (C=O) groups excluding carboxylic acids is 2. The Hall–Kier alpha value is -1.19. The Morgan fingerprint density at radius 3 is 2.30 bits per heavy atom. The van der Waals surface area contributed by atoms with Gasteiger partial charge in [0.15, 0.2) is 6.29 Å².